The van der Waals surface area contributed by atoms with Crippen molar-refractivity contribution in [3.63, 3.8) is 0 Å². The maximum atomic E-state index is 12.7. The first kappa shape index (κ1) is 34.1. The zero-order valence-electron chi connectivity index (χ0n) is 23.9. The summed E-state index contributed by atoms with van der Waals surface area (Å²) in [5.41, 5.74) is 0.721. The Hall–Kier alpha value is -3.96. The van der Waals surface area contributed by atoms with E-state index in [9.17, 15) is 28.8 Å². The molecule has 1 rings (SSSR count). The lowest BCUT2D eigenvalue weighted by Crippen LogP contribution is -2.51. The first-order valence-electron chi connectivity index (χ1n) is 13.3. The number of aliphatic carboxylic acids is 1. The van der Waals surface area contributed by atoms with Crippen LogP contribution >= 0.6 is 0 Å². The highest BCUT2D eigenvalue weighted by Crippen LogP contribution is 2.12. The number of ether oxygens (including phenoxy) is 1. The van der Waals surface area contributed by atoms with E-state index >= 15 is 0 Å². The van der Waals surface area contributed by atoms with Gasteiger partial charge in [0.15, 0.2) is 5.78 Å². The minimum absolute atomic E-state index is 0.0662. The summed E-state index contributed by atoms with van der Waals surface area (Å²) in [5.74, 6) is -1.94. The van der Waals surface area contributed by atoms with Crippen molar-refractivity contribution < 1.29 is 38.6 Å². The molecule has 0 saturated heterocycles. The number of amides is 4. The van der Waals surface area contributed by atoms with E-state index in [1.54, 1.807) is 45.0 Å². The Morgan fingerprint density at radius 3 is 1.98 bits per heavy atom. The van der Waals surface area contributed by atoms with Gasteiger partial charge in [-0.1, -0.05) is 24.3 Å². The number of nitrogens with one attached hydrogen (secondary N) is 4. The highest BCUT2D eigenvalue weighted by atomic mass is 16.6. The summed E-state index contributed by atoms with van der Waals surface area (Å²) >= 11 is 0. The summed E-state index contributed by atoms with van der Waals surface area (Å²) in [5, 5.41) is 19.4. The molecule has 4 amide bonds. The molecule has 0 bridgehead atoms. The lowest BCUT2D eigenvalue weighted by molar-refractivity contribution is -0.157. The van der Waals surface area contributed by atoms with Crippen LogP contribution in [0.2, 0.25) is 0 Å². The van der Waals surface area contributed by atoms with Gasteiger partial charge in [0.2, 0.25) is 0 Å². The van der Waals surface area contributed by atoms with E-state index in [0.717, 1.165) is 5.56 Å². The number of unbranched alkanes of at least 4 members (excludes halogenated alkanes) is 1. The van der Waals surface area contributed by atoms with E-state index in [0.29, 0.717) is 24.9 Å². The monoisotopic (exact) mass is 562 g/mol. The molecule has 0 aliphatic heterocycles. The van der Waals surface area contributed by atoms with Crippen molar-refractivity contribution in [2.45, 2.75) is 97.4 Å². The summed E-state index contributed by atoms with van der Waals surface area (Å²) < 4.78 is 5.43. The number of carbonyl (C=O) groups is 6. The number of benzene rings is 1. The molecule has 12 nitrogen and oxygen atoms in total. The second-order valence-electron chi connectivity index (χ2n) is 10.6. The molecule has 0 aromatic heterocycles. The first-order chi connectivity index (χ1) is 18.7. The average Bonchev–Trinajstić information content (AvgIpc) is 2.83. The molecule has 1 aromatic carbocycles. The largest absolute Gasteiger partial charge is 0.481 e. The Morgan fingerprint density at radius 2 is 1.43 bits per heavy atom. The quantitative estimate of drug-likeness (QED) is 0.151. The molecule has 5 N–H and O–H groups in total. The van der Waals surface area contributed by atoms with Gasteiger partial charge in [0.25, 0.3) is 0 Å². The summed E-state index contributed by atoms with van der Waals surface area (Å²) in [6.45, 7) is 8.45. The van der Waals surface area contributed by atoms with Crippen LogP contribution in [-0.4, -0.2) is 64.9 Å². The fraction of sp³-hybridized carbons (Fsp3) is 0.571. The predicted octanol–water partition coefficient (Wildman–Crippen LogP) is 2.62. The molecular formula is C28H42N4O8. The Kier molecular flexibility index (Phi) is 14.4. The van der Waals surface area contributed by atoms with E-state index < -0.39 is 35.7 Å². The average molecular weight is 563 g/mol. The number of carbonyl (C=O) groups excluding carboxylic acids is 5. The van der Waals surface area contributed by atoms with Gasteiger partial charge in [-0.3, -0.25) is 9.59 Å². The van der Waals surface area contributed by atoms with Crippen molar-refractivity contribution >= 4 is 35.6 Å². The highest BCUT2D eigenvalue weighted by Gasteiger charge is 2.27. The molecule has 0 fully saturated rings. The Balaban J connectivity index is 2.54. The van der Waals surface area contributed by atoms with Crippen LogP contribution in [0.25, 0.3) is 0 Å². The lowest BCUT2D eigenvalue weighted by atomic mass is 10.1. The minimum atomic E-state index is -0.974. The number of ketones is 2. The molecule has 0 unspecified atom stereocenters. The Morgan fingerprint density at radius 1 is 0.825 bits per heavy atom. The van der Waals surface area contributed by atoms with Crippen molar-refractivity contribution in [3.05, 3.63) is 35.4 Å². The molecule has 0 saturated carbocycles. The fourth-order valence-electron chi connectivity index (χ4n) is 3.57. The molecule has 0 radical (unpaired) electrons. The topological polar surface area (TPSA) is 180 Å². The molecule has 0 spiro atoms. The third-order valence-electron chi connectivity index (χ3n) is 5.61. The van der Waals surface area contributed by atoms with Gasteiger partial charge < -0.3 is 35.9 Å². The molecule has 0 aliphatic rings. The number of rotatable bonds is 16. The number of hydrogen-bond donors (Lipinski definition) is 5. The molecule has 1 aromatic rings. The van der Waals surface area contributed by atoms with Crippen LogP contribution in [0.1, 0.15) is 77.8 Å². The molecule has 40 heavy (non-hydrogen) atoms. The molecule has 2 atom stereocenters. The van der Waals surface area contributed by atoms with Gasteiger partial charge in [-0.2, -0.15) is 0 Å². The maximum absolute atomic E-state index is 12.7. The third-order valence-corrected chi connectivity index (χ3v) is 5.61. The van der Waals surface area contributed by atoms with Crippen LogP contribution in [0.4, 0.5) is 9.59 Å². The van der Waals surface area contributed by atoms with Crippen LogP contribution in [0.15, 0.2) is 24.3 Å². The number of hydrogen-bond acceptors (Lipinski definition) is 7. The van der Waals surface area contributed by atoms with Crippen molar-refractivity contribution in [2.75, 3.05) is 6.54 Å². The number of esters is 1. The van der Waals surface area contributed by atoms with Crippen LogP contribution in [0.5, 0.6) is 0 Å². The maximum Gasteiger partial charge on any atom is 0.329 e. The van der Waals surface area contributed by atoms with Gasteiger partial charge in [0, 0.05) is 19.5 Å². The molecule has 0 heterocycles. The number of carboxylic acids is 1. The van der Waals surface area contributed by atoms with Crippen LogP contribution in [-0.2, 0) is 36.9 Å². The van der Waals surface area contributed by atoms with Gasteiger partial charge in [0.1, 0.15) is 17.4 Å². The van der Waals surface area contributed by atoms with Crippen molar-refractivity contribution in [3.8, 4) is 0 Å². The second kappa shape index (κ2) is 16.9. The predicted molar refractivity (Wildman–Crippen MR) is 148 cm³/mol. The van der Waals surface area contributed by atoms with Crippen LogP contribution < -0.4 is 21.3 Å². The van der Waals surface area contributed by atoms with Crippen molar-refractivity contribution in [1.82, 2.24) is 21.3 Å². The smallest absolute Gasteiger partial charge is 0.329 e. The molecule has 12 heteroatoms. The zero-order valence-corrected chi connectivity index (χ0v) is 23.9. The van der Waals surface area contributed by atoms with E-state index in [-0.39, 0.29) is 49.8 Å². The summed E-state index contributed by atoms with van der Waals surface area (Å²) in [4.78, 5) is 71.3. The molecular weight excluding hydrogens is 520 g/mol. The standard InChI is InChI=1S/C28H42N4O8/c1-18(33)9-14-22(19(2)34)31-27(39)32-23(25(37)40-28(3,4)5)8-6-7-15-29-26(38)30-17-21-12-10-20(11-13-21)16-24(35)36/h10-13,22-23H,6-9,14-17H2,1-5H3,(H,35,36)(H2,29,30,38)(H2,31,32,39)/t22-,23-/m0/s1. The van der Waals surface area contributed by atoms with Crippen molar-refractivity contribution in [2.24, 2.45) is 0 Å². The molecule has 222 valence electrons. The SMILES string of the molecule is CC(=O)CC[C@H](NC(=O)N[C@@H](CCCCNC(=O)NCc1ccc(CC(=O)O)cc1)C(=O)OC(C)(C)C)C(C)=O. The Labute approximate surface area is 235 Å². The lowest BCUT2D eigenvalue weighted by Gasteiger charge is -2.25. The first-order valence-corrected chi connectivity index (χ1v) is 13.3. The fourth-order valence-corrected chi connectivity index (χ4v) is 3.57. The summed E-state index contributed by atoms with van der Waals surface area (Å²) in [6.07, 6.45) is 1.49. The number of carboxylic acid groups (broad SMARTS) is 1. The normalized spacial score (nSPS) is 12.4. The number of Topliss-reactive ketones (excluding diaryl/α,β-unsaturated/α-hetero) is 2. The van der Waals surface area contributed by atoms with Crippen LogP contribution in [0, 0.1) is 0 Å². The third kappa shape index (κ3) is 15.5. The van der Waals surface area contributed by atoms with E-state index in [1.807, 2.05) is 0 Å². The van der Waals surface area contributed by atoms with Gasteiger partial charge in [-0.25, -0.2) is 14.4 Å². The van der Waals surface area contributed by atoms with Crippen molar-refractivity contribution in [1.29, 1.82) is 0 Å². The van der Waals surface area contributed by atoms with E-state index in [4.69, 9.17) is 9.84 Å². The van der Waals surface area contributed by atoms with Gasteiger partial charge in [0.05, 0.1) is 12.5 Å². The molecule has 0 aliphatic carbocycles. The summed E-state index contributed by atoms with van der Waals surface area (Å²) in [6, 6.07) is 3.98. The van der Waals surface area contributed by atoms with Gasteiger partial charge >= 0.3 is 24.0 Å². The van der Waals surface area contributed by atoms with Crippen LogP contribution in [0.3, 0.4) is 0 Å². The minimum Gasteiger partial charge on any atom is -0.481 e. The summed E-state index contributed by atoms with van der Waals surface area (Å²) in [7, 11) is 0. The van der Waals surface area contributed by atoms with E-state index in [1.165, 1.54) is 13.8 Å². The number of urea groups is 2. The zero-order chi connectivity index (χ0) is 30.3. The second-order valence-corrected chi connectivity index (χ2v) is 10.6. The van der Waals surface area contributed by atoms with E-state index in [2.05, 4.69) is 21.3 Å². The van der Waals surface area contributed by atoms with Gasteiger partial charge in [-0.05, 0) is 71.4 Å². The highest BCUT2D eigenvalue weighted by molar-refractivity contribution is 5.89. The van der Waals surface area contributed by atoms with Gasteiger partial charge in [-0.15, -0.1) is 0 Å². The Bertz CT molecular complexity index is 1030.